The minimum Gasteiger partial charge on any atom is -0.390 e. The zero-order valence-corrected chi connectivity index (χ0v) is 10.5. The monoisotopic (exact) mass is 308 g/mol. The van der Waals surface area contributed by atoms with Gasteiger partial charge in [-0.25, -0.2) is 0 Å². The van der Waals surface area contributed by atoms with E-state index in [4.69, 9.17) is 11.6 Å². The highest BCUT2D eigenvalue weighted by atomic mass is 79.9. The number of nitrogens with one attached hydrogen (secondary N) is 1. The predicted molar refractivity (Wildman–Crippen MR) is 66.0 cm³/mol. The molecule has 0 heterocycles. The molecule has 1 aromatic rings. The molecular weight excluding hydrogens is 299 g/mol. The van der Waals surface area contributed by atoms with Crippen LogP contribution in [0.5, 0.6) is 0 Å². The lowest BCUT2D eigenvalue weighted by molar-refractivity contribution is -0.384. The van der Waals surface area contributed by atoms with E-state index < -0.39 is 11.0 Å². The molecule has 0 saturated heterocycles. The summed E-state index contributed by atoms with van der Waals surface area (Å²) < 4.78 is 0.573. The number of nitrogens with zero attached hydrogens (tertiary/aromatic N) is 1. The van der Waals surface area contributed by atoms with Gasteiger partial charge in [0.05, 0.1) is 16.9 Å². The Kier molecular flexibility index (Phi) is 4.98. The fourth-order valence-electron chi connectivity index (χ4n) is 1.04. The first-order chi connectivity index (χ1) is 7.54. The lowest BCUT2D eigenvalue weighted by Gasteiger charge is -2.11. The SMILES string of the molecule is O=[N+]([O-])c1ccc(NCC(O)CCl)c(Br)c1. The second-order valence-corrected chi connectivity index (χ2v) is 4.27. The third-order valence-corrected chi connectivity index (χ3v) is 2.88. The number of non-ortho nitro benzene ring substituents is 1. The van der Waals surface area contributed by atoms with Gasteiger partial charge < -0.3 is 10.4 Å². The van der Waals surface area contributed by atoms with Crippen molar-refractivity contribution in [3.05, 3.63) is 32.8 Å². The summed E-state index contributed by atoms with van der Waals surface area (Å²) in [7, 11) is 0. The molecule has 1 aromatic carbocycles. The van der Waals surface area contributed by atoms with Gasteiger partial charge in [-0.05, 0) is 22.0 Å². The van der Waals surface area contributed by atoms with E-state index in [1.807, 2.05) is 0 Å². The van der Waals surface area contributed by atoms with E-state index in [2.05, 4.69) is 21.2 Å². The van der Waals surface area contributed by atoms with E-state index >= 15 is 0 Å². The number of nitro groups is 1. The Bertz CT molecular complexity index is 389. The predicted octanol–water partition coefficient (Wildman–Crippen LogP) is 2.37. The number of rotatable bonds is 5. The molecule has 1 atom stereocenters. The number of nitro benzene ring substituents is 1. The molecule has 16 heavy (non-hydrogen) atoms. The van der Waals surface area contributed by atoms with Crippen molar-refractivity contribution in [1.29, 1.82) is 0 Å². The fraction of sp³-hybridized carbons (Fsp3) is 0.333. The number of anilines is 1. The van der Waals surface area contributed by atoms with Crippen LogP contribution < -0.4 is 5.32 Å². The Morgan fingerprint density at radius 3 is 2.81 bits per heavy atom. The number of benzene rings is 1. The average Bonchev–Trinajstić information content (AvgIpc) is 2.26. The summed E-state index contributed by atoms with van der Waals surface area (Å²) in [4.78, 5) is 10.0. The first-order valence-electron chi connectivity index (χ1n) is 4.46. The molecule has 0 saturated carbocycles. The third kappa shape index (κ3) is 3.62. The maximum Gasteiger partial charge on any atom is 0.270 e. The molecule has 2 N–H and O–H groups in total. The molecule has 0 aromatic heterocycles. The van der Waals surface area contributed by atoms with Crippen molar-refractivity contribution < 1.29 is 10.0 Å². The van der Waals surface area contributed by atoms with Crippen molar-refractivity contribution in [2.75, 3.05) is 17.7 Å². The summed E-state index contributed by atoms with van der Waals surface area (Å²) in [5, 5.41) is 22.6. The van der Waals surface area contributed by atoms with Gasteiger partial charge in [-0.1, -0.05) is 0 Å². The van der Waals surface area contributed by atoms with Crippen molar-refractivity contribution in [3.63, 3.8) is 0 Å². The highest BCUT2D eigenvalue weighted by Gasteiger charge is 2.09. The van der Waals surface area contributed by atoms with Gasteiger partial charge in [0.15, 0.2) is 0 Å². The maximum absolute atomic E-state index is 10.5. The fourth-order valence-corrected chi connectivity index (χ4v) is 1.66. The van der Waals surface area contributed by atoms with E-state index in [1.54, 1.807) is 6.07 Å². The van der Waals surface area contributed by atoms with Crippen molar-refractivity contribution >= 4 is 38.9 Å². The van der Waals surface area contributed by atoms with Crippen LogP contribution in [0.4, 0.5) is 11.4 Å². The molecule has 0 radical (unpaired) electrons. The molecule has 5 nitrogen and oxygen atoms in total. The largest absolute Gasteiger partial charge is 0.390 e. The standard InChI is InChI=1S/C9H10BrClN2O3/c10-8-3-6(13(15)16)1-2-9(8)12-5-7(14)4-11/h1-3,7,12,14H,4-5H2. The van der Waals surface area contributed by atoms with Crippen LogP contribution in [0.1, 0.15) is 0 Å². The van der Waals surface area contributed by atoms with Gasteiger partial charge in [-0.15, -0.1) is 11.6 Å². The Labute approximate surface area is 106 Å². The zero-order chi connectivity index (χ0) is 12.1. The number of halogens is 2. The highest BCUT2D eigenvalue weighted by Crippen LogP contribution is 2.26. The van der Waals surface area contributed by atoms with Gasteiger partial charge in [0.1, 0.15) is 0 Å². The lowest BCUT2D eigenvalue weighted by Crippen LogP contribution is -2.20. The van der Waals surface area contributed by atoms with Gasteiger partial charge in [-0.3, -0.25) is 10.1 Å². The average molecular weight is 310 g/mol. The number of hydrogen-bond donors (Lipinski definition) is 2. The molecule has 0 bridgehead atoms. The van der Waals surface area contributed by atoms with Crippen LogP contribution >= 0.6 is 27.5 Å². The Morgan fingerprint density at radius 1 is 1.62 bits per heavy atom. The van der Waals surface area contributed by atoms with E-state index in [1.165, 1.54) is 12.1 Å². The lowest BCUT2D eigenvalue weighted by atomic mass is 10.2. The van der Waals surface area contributed by atoms with Crippen LogP contribution in [0.15, 0.2) is 22.7 Å². The molecule has 0 spiro atoms. The second kappa shape index (κ2) is 6.03. The summed E-state index contributed by atoms with van der Waals surface area (Å²) in [6.07, 6.45) is -0.649. The molecule has 88 valence electrons. The normalized spacial score (nSPS) is 12.2. The van der Waals surface area contributed by atoms with Crippen molar-refractivity contribution in [3.8, 4) is 0 Å². The minimum atomic E-state index is -0.649. The first kappa shape index (κ1) is 13.2. The first-order valence-corrected chi connectivity index (χ1v) is 5.79. The molecule has 0 aliphatic heterocycles. The molecule has 0 aliphatic carbocycles. The van der Waals surface area contributed by atoms with Gasteiger partial charge in [-0.2, -0.15) is 0 Å². The molecule has 0 amide bonds. The summed E-state index contributed by atoms with van der Waals surface area (Å²) >= 11 is 8.64. The maximum atomic E-state index is 10.5. The topological polar surface area (TPSA) is 75.4 Å². The number of aliphatic hydroxyl groups excluding tert-OH is 1. The zero-order valence-electron chi connectivity index (χ0n) is 8.19. The summed E-state index contributed by atoms with van der Waals surface area (Å²) in [5.74, 6) is 0.137. The summed E-state index contributed by atoms with van der Waals surface area (Å²) in [6.45, 7) is 0.292. The van der Waals surface area contributed by atoms with Crippen LogP contribution in [-0.2, 0) is 0 Å². The second-order valence-electron chi connectivity index (χ2n) is 3.11. The van der Waals surface area contributed by atoms with E-state index in [0.717, 1.165) is 0 Å². The van der Waals surface area contributed by atoms with Crippen molar-refractivity contribution in [2.24, 2.45) is 0 Å². The number of aliphatic hydroxyl groups is 1. The van der Waals surface area contributed by atoms with E-state index in [0.29, 0.717) is 16.7 Å². The smallest absolute Gasteiger partial charge is 0.270 e. The van der Waals surface area contributed by atoms with Crippen LogP contribution in [0, 0.1) is 10.1 Å². The molecule has 0 fully saturated rings. The van der Waals surface area contributed by atoms with Gasteiger partial charge in [0.2, 0.25) is 0 Å². The summed E-state index contributed by atoms with van der Waals surface area (Å²) in [5.41, 5.74) is 0.685. The quantitative estimate of drug-likeness (QED) is 0.497. The van der Waals surface area contributed by atoms with Gasteiger partial charge in [0.25, 0.3) is 5.69 Å². The molecule has 0 aliphatic rings. The van der Waals surface area contributed by atoms with Gasteiger partial charge >= 0.3 is 0 Å². The van der Waals surface area contributed by atoms with Crippen LogP contribution in [0.25, 0.3) is 0 Å². The van der Waals surface area contributed by atoms with Crippen LogP contribution in [0.2, 0.25) is 0 Å². The van der Waals surface area contributed by atoms with Gasteiger partial charge in [0, 0.05) is 28.8 Å². The van der Waals surface area contributed by atoms with Crippen LogP contribution in [0.3, 0.4) is 0 Å². The highest BCUT2D eigenvalue weighted by molar-refractivity contribution is 9.10. The third-order valence-electron chi connectivity index (χ3n) is 1.87. The molecule has 1 unspecified atom stereocenters. The molecule has 7 heteroatoms. The van der Waals surface area contributed by atoms with E-state index in [-0.39, 0.29) is 11.6 Å². The Hall–Kier alpha value is -0.850. The summed E-state index contributed by atoms with van der Waals surface area (Å²) in [6, 6.07) is 4.36. The Morgan fingerprint density at radius 2 is 2.31 bits per heavy atom. The molecule has 1 rings (SSSR count). The van der Waals surface area contributed by atoms with Crippen molar-refractivity contribution in [2.45, 2.75) is 6.10 Å². The van der Waals surface area contributed by atoms with Crippen molar-refractivity contribution in [1.82, 2.24) is 0 Å². The molecular formula is C9H10BrClN2O3. The number of hydrogen-bond acceptors (Lipinski definition) is 4. The number of alkyl halides is 1. The Balaban J connectivity index is 2.72. The van der Waals surface area contributed by atoms with E-state index in [9.17, 15) is 15.2 Å². The minimum absolute atomic E-state index is 0.00955. The van der Waals surface area contributed by atoms with Crippen LogP contribution in [-0.4, -0.2) is 28.6 Å².